The van der Waals surface area contributed by atoms with Crippen LogP contribution in [0.5, 0.6) is 0 Å². The molecule has 3 nitrogen and oxygen atoms in total. The zero-order valence-electron chi connectivity index (χ0n) is 8.32. The van der Waals surface area contributed by atoms with E-state index in [0.29, 0.717) is 5.56 Å². The number of nitrogens with zero attached hydrogens (tertiary/aromatic N) is 1. The van der Waals surface area contributed by atoms with Gasteiger partial charge in [-0.05, 0) is 0 Å². The molecule has 78 valence electrons. The number of carbonyl (C=O) groups excluding carboxylic acids is 1. The molecule has 1 unspecified atom stereocenters. The molecule has 0 aromatic carbocycles. The third-order valence-electron chi connectivity index (χ3n) is 3.27. The van der Waals surface area contributed by atoms with Crippen molar-refractivity contribution in [3.05, 3.63) is 23.4 Å². The number of ether oxygens (including phenoxy) is 1. The van der Waals surface area contributed by atoms with Gasteiger partial charge in [-0.2, -0.15) is 0 Å². The maximum absolute atomic E-state index is 11.7. The molecule has 0 bridgehead atoms. The average molecular weight is 265 g/mol. The van der Waals surface area contributed by atoms with Gasteiger partial charge >= 0.3 is 96.5 Å². The van der Waals surface area contributed by atoms with Crippen molar-refractivity contribution in [2.45, 2.75) is 31.3 Å². The summed E-state index contributed by atoms with van der Waals surface area (Å²) in [7, 11) is 0. The molecular weight excluding hydrogens is 253 g/mol. The van der Waals surface area contributed by atoms with Gasteiger partial charge in [0.2, 0.25) is 0 Å². The van der Waals surface area contributed by atoms with Gasteiger partial charge in [-0.3, -0.25) is 0 Å². The van der Waals surface area contributed by atoms with Gasteiger partial charge in [0.1, 0.15) is 0 Å². The van der Waals surface area contributed by atoms with Crippen molar-refractivity contribution in [2.75, 3.05) is 0 Å². The van der Waals surface area contributed by atoms with E-state index >= 15 is 0 Å². The Morgan fingerprint density at radius 1 is 1.33 bits per heavy atom. The molecule has 1 saturated carbocycles. The van der Waals surface area contributed by atoms with E-state index in [1.165, 1.54) is 16.9 Å². The summed E-state index contributed by atoms with van der Waals surface area (Å²) in [5.74, 6) is -0.188. The zero-order chi connectivity index (χ0) is 10.5. The first kappa shape index (κ1) is 9.41. The molecule has 2 heterocycles. The summed E-state index contributed by atoms with van der Waals surface area (Å²) in [5, 5.41) is 0. The number of pyridine rings is 1. The predicted molar refractivity (Wildman–Crippen MR) is 58.0 cm³/mol. The van der Waals surface area contributed by atoms with E-state index in [1.54, 1.807) is 0 Å². The number of fused-ring (bicyclic) bond motifs is 2. The first-order valence-corrected chi connectivity index (χ1v) is 6.43. The van der Waals surface area contributed by atoms with Crippen LogP contribution in [0.3, 0.4) is 0 Å². The summed E-state index contributed by atoms with van der Waals surface area (Å²) in [5.41, 5.74) is 1.21. The fourth-order valence-electron chi connectivity index (χ4n) is 2.55. The topological polar surface area (TPSA) is 39.2 Å². The van der Waals surface area contributed by atoms with Crippen LogP contribution in [-0.2, 0) is 10.3 Å². The normalized spacial score (nSPS) is 21.8. The summed E-state index contributed by atoms with van der Waals surface area (Å²) >= 11 is 1.49. The van der Waals surface area contributed by atoms with Crippen molar-refractivity contribution in [2.24, 2.45) is 0 Å². The van der Waals surface area contributed by atoms with E-state index in [9.17, 15) is 4.79 Å². The molecule has 1 spiro atoms. The molecule has 4 heteroatoms. The predicted octanol–water partition coefficient (Wildman–Crippen LogP) is 0.280. The SMILES string of the molecule is O=C1OC2(CCCC2)c2nc([AsH2])ccc21. The van der Waals surface area contributed by atoms with E-state index in [0.717, 1.165) is 35.9 Å². The number of carbonyl (C=O) groups is 1. The van der Waals surface area contributed by atoms with Crippen LogP contribution in [0.15, 0.2) is 12.1 Å². The molecule has 0 N–H and O–H groups in total. The second kappa shape index (κ2) is 3.08. The van der Waals surface area contributed by atoms with E-state index in [1.807, 2.05) is 12.1 Å². The summed E-state index contributed by atoms with van der Waals surface area (Å²) in [6.07, 6.45) is 4.14. The first-order valence-electron chi connectivity index (χ1n) is 5.22. The van der Waals surface area contributed by atoms with Gasteiger partial charge in [0.05, 0.1) is 0 Å². The number of aromatic nitrogens is 1. The van der Waals surface area contributed by atoms with Gasteiger partial charge in [-0.1, -0.05) is 0 Å². The third kappa shape index (κ3) is 1.26. The molecule has 1 atom stereocenters. The summed E-state index contributed by atoms with van der Waals surface area (Å²) in [6.45, 7) is 0. The van der Waals surface area contributed by atoms with Gasteiger partial charge in [0.15, 0.2) is 0 Å². The van der Waals surface area contributed by atoms with E-state index in [-0.39, 0.29) is 11.6 Å². The Balaban J connectivity index is 2.19. The second-order valence-electron chi connectivity index (χ2n) is 4.22. The van der Waals surface area contributed by atoms with E-state index in [2.05, 4.69) is 4.98 Å². The summed E-state index contributed by atoms with van der Waals surface area (Å²) in [4.78, 5) is 16.2. The molecule has 1 aromatic heterocycles. The summed E-state index contributed by atoms with van der Waals surface area (Å²) < 4.78 is 6.56. The second-order valence-corrected chi connectivity index (χ2v) is 5.46. The van der Waals surface area contributed by atoms with Crippen LogP contribution in [0.25, 0.3) is 0 Å². The van der Waals surface area contributed by atoms with Crippen LogP contribution >= 0.6 is 0 Å². The minimum atomic E-state index is -0.367. The molecule has 0 radical (unpaired) electrons. The fourth-order valence-corrected chi connectivity index (χ4v) is 3.02. The first-order chi connectivity index (χ1) is 7.21. The molecule has 0 amide bonds. The quantitative estimate of drug-likeness (QED) is 0.499. The molecule has 1 fully saturated rings. The molecule has 15 heavy (non-hydrogen) atoms. The molecule has 1 aliphatic heterocycles. The van der Waals surface area contributed by atoms with Crippen LogP contribution in [0.2, 0.25) is 0 Å². The Bertz CT molecular complexity index is 438. The van der Waals surface area contributed by atoms with Gasteiger partial charge in [-0.25, -0.2) is 0 Å². The van der Waals surface area contributed by atoms with Crippen molar-refractivity contribution in [3.63, 3.8) is 0 Å². The average Bonchev–Trinajstić information content (AvgIpc) is 2.76. The molecule has 1 aromatic rings. The minimum absolute atomic E-state index is 0.188. The van der Waals surface area contributed by atoms with Gasteiger partial charge in [0, 0.05) is 0 Å². The third-order valence-corrected chi connectivity index (χ3v) is 3.94. The Morgan fingerprint density at radius 2 is 2.07 bits per heavy atom. The number of esters is 1. The van der Waals surface area contributed by atoms with E-state index in [4.69, 9.17) is 4.74 Å². The van der Waals surface area contributed by atoms with Gasteiger partial charge < -0.3 is 0 Å². The van der Waals surface area contributed by atoms with Crippen molar-refractivity contribution in [1.29, 1.82) is 0 Å². The zero-order valence-corrected chi connectivity index (χ0v) is 10.7. The monoisotopic (exact) mass is 265 g/mol. The Labute approximate surface area is 96.7 Å². The van der Waals surface area contributed by atoms with Crippen LogP contribution in [0.1, 0.15) is 41.7 Å². The Hall–Kier alpha value is -0.822. The van der Waals surface area contributed by atoms with Crippen molar-refractivity contribution in [3.8, 4) is 0 Å². The van der Waals surface area contributed by atoms with Crippen LogP contribution in [0, 0.1) is 0 Å². The molecule has 3 rings (SSSR count). The van der Waals surface area contributed by atoms with Gasteiger partial charge in [-0.15, -0.1) is 0 Å². The van der Waals surface area contributed by atoms with Crippen LogP contribution in [0.4, 0.5) is 0 Å². The number of hydrogen-bond donors (Lipinski definition) is 0. The van der Waals surface area contributed by atoms with Crippen LogP contribution < -0.4 is 4.48 Å². The van der Waals surface area contributed by atoms with E-state index < -0.39 is 0 Å². The maximum atomic E-state index is 11.7. The molecule has 2 aliphatic rings. The Morgan fingerprint density at radius 3 is 2.80 bits per heavy atom. The fraction of sp³-hybridized carbons (Fsp3) is 0.455. The molecule has 0 saturated heterocycles. The summed E-state index contributed by atoms with van der Waals surface area (Å²) in [6, 6.07) is 3.75. The molecule has 1 aliphatic carbocycles. The standard InChI is InChI=1S/C11H12AsNO2/c12-8-4-3-7-9(13-8)11(15-10(7)14)5-1-2-6-11/h3-4H,1-2,5-6,12H2. The van der Waals surface area contributed by atoms with Crippen LogP contribution in [-0.4, -0.2) is 27.8 Å². The molecular formula is C11H12AsNO2. The van der Waals surface area contributed by atoms with Crippen molar-refractivity contribution in [1.82, 2.24) is 4.98 Å². The van der Waals surface area contributed by atoms with Gasteiger partial charge in [0.25, 0.3) is 0 Å². The van der Waals surface area contributed by atoms with Crippen molar-refractivity contribution >= 4 is 27.3 Å². The Kier molecular flexibility index (Phi) is 1.93. The number of hydrogen-bond acceptors (Lipinski definition) is 3. The van der Waals surface area contributed by atoms with Crippen molar-refractivity contribution < 1.29 is 9.53 Å². The number of rotatable bonds is 0.